The molecule has 98 heavy (non-hydrogen) atoms. The molecule has 0 bridgehead atoms. The Hall–Kier alpha value is -12.0. The van der Waals surface area contributed by atoms with Gasteiger partial charge in [-0.1, -0.05) is 317 Å². The Balaban J connectivity index is 0.00000784. The normalized spacial score (nSPS) is 11.9. The Morgan fingerprint density at radius 3 is 0.898 bits per heavy atom. The molecule has 1 aliphatic carbocycles. The largest absolute Gasteiger partial charge is 3.00 e. The summed E-state index contributed by atoms with van der Waals surface area (Å²) in [5.74, 6) is 0. The van der Waals surface area contributed by atoms with E-state index in [2.05, 4.69) is 328 Å². The maximum atomic E-state index is 4.83. The third kappa shape index (κ3) is 13.0. The van der Waals surface area contributed by atoms with Crippen molar-refractivity contribution in [2.24, 2.45) is 0 Å². The number of hydrogen-bond acceptors (Lipinski definition) is 3. The fourth-order valence-electron chi connectivity index (χ4n) is 13.6. The van der Waals surface area contributed by atoms with Crippen LogP contribution < -0.4 is 0 Å². The van der Waals surface area contributed by atoms with E-state index in [1.807, 2.05) is 55.0 Å². The fourth-order valence-corrected chi connectivity index (χ4v) is 13.6. The molecule has 0 amide bonds. The van der Waals surface area contributed by atoms with Crippen molar-refractivity contribution in [1.82, 2.24) is 15.0 Å². The first-order valence-corrected chi connectivity index (χ1v) is 32.9. The number of allylic oxidation sites excluding steroid dienone is 6. The summed E-state index contributed by atoms with van der Waals surface area (Å²) in [4.78, 5) is 14.5. The van der Waals surface area contributed by atoms with Crippen LogP contribution >= 0.6 is 0 Å². The standard InChI is InChI=1S/C94H62N3.Ir/c1-4-25-65(26-5-1)68-31-22-34-71(57-68)89-62-76(92-43-16-19-54-95-92)48-51-86(89)83-40-13-10-37-80(83)74-46-47-75(81-38-11-14-41-84(81)87-52-49-77(93-44-17-20-55-96-93)63-90(87)72-35-23-32-69(58-72)66-27-6-2-7-28-66)61-79(60-74)82-39-12-15-42-85(82)88-53-50-78(94-45-18-21-56-97-94)64-91(88)73-36-24-33-70(59-73)67-29-8-3-9-30-67;/h1-46,51-64H,47H2;/q-3;+3. The van der Waals surface area contributed by atoms with Gasteiger partial charge in [-0.2, -0.15) is 0 Å². The summed E-state index contributed by atoms with van der Waals surface area (Å²) in [6, 6.07) is 128. The van der Waals surface area contributed by atoms with Gasteiger partial charge in [0.15, 0.2) is 0 Å². The Labute approximate surface area is 587 Å². The van der Waals surface area contributed by atoms with Crippen molar-refractivity contribution in [2.75, 3.05) is 0 Å². The van der Waals surface area contributed by atoms with Crippen LogP contribution in [0.3, 0.4) is 0 Å². The van der Waals surface area contributed by atoms with E-state index in [9.17, 15) is 0 Å². The molecule has 0 radical (unpaired) electrons. The van der Waals surface area contributed by atoms with Gasteiger partial charge in [-0.3, -0.25) is 0 Å². The average Bonchev–Trinajstić information content (AvgIpc) is 1.11. The van der Waals surface area contributed by atoms with Gasteiger partial charge >= 0.3 is 20.1 Å². The van der Waals surface area contributed by atoms with Crippen LogP contribution in [0, 0.1) is 18.2 Å². The summed E-state index contributed by atoms with van der Waals surface area (Å²) < 4.78 is 0. The maximum absolute atomic E-state index is 4.83. The van der Waals surface area contributed by atoms with Crippen LogP contribution in [0.5, 0.6) is 0 Å². The van der Waals surface area contributed by atoms with E-state index in [0.717, 1.165) is 162 Å². The molecule has 12 aromatic carbocycles. The summed E-state index contributed by atoms with van der Waals surface area (Å²) in [5.41, 5.74) is 32.0. The van der Waals surface area contributed by atoms with Gasteiger partial charge in [-0.15, -0.1) is 71.3 Å². The second kappa shape index (κ2) is 28.5. The number of hydrogen-bond donors (Lipinski definition) is 0. The van der Waals surface area contributed by atoms with Crippen molar-refractivity contribution in [3.05, 3.63) is 399 Å². The topological polar surface area (TPSA) is 38.7 Å². The predicted molar refractivity (Wildman–Crippen MR) is 403 cm³/mol. The van der Waals surface area contributed by atoms with Crippen molar-refractivity contribution in [2.45, 2.75) is 6.42 Å². The molecule has 4 heteroatoms. The third-order valence-corrected chi connectivity index (χ3v) is 18.3. The molecule has 0 unspecified atom stereocenters. The Morgan fingerprint density at radius 1 is 0.224 bits per heavy atom. The van der Waals surface area contributed by atoms with Crippen LogP contribution in [-0.4, -0.2) is 15.0 Å². The number of nitrogens with zero attached hydrogens (tertiary/aromatic N) is 3. The molecule has 1 aliphatic rings. The second-order valence-corrected chi connectivity index (χ2v) is 24.3. The Morgan fingerprint density at radius 2 is 0.531 bits per heavy atom. The molecular formula is C94H62IrN3. The molecule has 0 saturated heterocycles. The summed E-state index contributed by atoms with van der Waals surface area (Å²) in [5, 5.41) is 0. The molecule has 0 fully saturated rings. The SMILES string of the molecule is [Ir+3].[c-]1cc(-c2ccccc2C2=CCC(c3ccccc3-c3c[c-]c(-c4ccccn4)cc3-c3cccc(-c4ccccc4)c3)=CC(c3ccccc3-c3c[c-]c(-c4ccccn4)cc3-c3cccc(-c4ccccc4)c3)=C2)c(-c2cccc(-c3ccccc3)c2)cc1-c1ccccn1. The van der Waals surface area contributed by atoms with E-state index in [-0.39, 0.29) is 20.1 Å². The molecule has 16 rings (SSSR count). The first kappa shape index (κ1) is 62.1. The molecule has 462 valence electrons. The monoisotopic (exact) mass is 1430 g/mol. The minimum atomic E-state index is 0. The van der Waals surface area contributed by atoms with Crippen LogP contribution in [-0.2, 0) is 20.1 Å². The average molecular weight is 1430 g/mol. The van der Waals surface area contributed by atoms with Gasteiger partial charge in [0.1, 0.15) is 0 Å². The predicted octanol–water partition coefficient (Wildman–Crippen LogP) is 24.2. The van der Waals surface area contributed by atoms with E-state index in [0.29, 0.717) is 6.42 Å². The molecular weight excluding hydrogens is 1360 g/mol. The minimum Gasteiger partial charge on any atom is -0.305 e. The molecule has 0 aliphatic heterocycles. The summed E-state index contributed by atoms with van der Waals surface area (Å²) in [6.07, 6.45) is 13.5. The van der Waals surface area contributed by atoms with Gasteiger partial charge in [0.2, 0.25) is 0 Å². The summed E-state index contributed by atoms with van der Waals surface area (Å²) in [6.45, 7) is 0. The van der Waals surface area contributed by atoms with E-state index in [1.54, 1.807) is 0 Å². The van der Waals surface area contributed by atoms with Gasteiger partial charge in [-0.05, 0) is 149 Å². The van der Waals surface area contributed by atoms with Crippen LogP contribution in [0.15, 0.2) is 364 Å². The van der Waals surface area contributed by atoms with Crippen LogP contribution in [0.4, 0.5) is 0 Å². The van der Waals surface area contributed by atoms with Crippen LogP contribution in [0.1, 0.15) is 23.1 Å². The van der Waals surface area contributed by atoms with E-state index >= 15 is 0 Å². The van der Waals surface area contributed by atoms with Crippen LogP contribution in [0.2, 0.25) is 0 Å². The van der Waals surface area contributed by atoms with Crippen molar-refractivity contribution >= 4 is 16.7 Å². The van der Waals surface area contributed by atoms with E-state index in [4.69, 9.17) is 15.0 Å². The van der Waals surface area contributed by atoms with E-state index < -0.39 is 0 Å². The molecule has 15 aromatic rings. The molecule has 0 spiro atoms. The summed E-state index contributed by atoms with van der Waals surface area (Å²) >= 11 is 0. The fraction of sp³-hybridized carbons (Fsp3) is 0.0106. The first-order chi connectivity index (χ1) is 48.1. The number of aromatic nitrogens is 3. The van der Waals surface area contributed by atoms with Gasteiger partial charge in [0.25, 0.3) is 0 Å². The van der Waals surface area contributed by atoms with E-state index in [1.165, 1.54) is 5.57 Å². The molecule has 3 heterocycles. The van der Waals surface area contributed by atoms with Gasteiger partial charge in [-0.25, -0.2) is 0 Å². The Kier molecular flexibility index (Phi) is 18.1. The maximum Gasteiger partial charge on any atom is 3.00 e. The second-order valence-electron chi connectivity index (χ2n) is 24.3. The molecule has 3 aromatic heterocycles. The minimum absolute atomic E-state index is 0. The number of pyridine rings is 3. The third-order valence-electron chi connectivity index (χ3n) is 18.3. The summed E-state index contributed by atoms with van der Waals surface area (Å²) in [7, 11) is 0. The number of benzene rings is 12. The molecule has 0 atom stereocenters. The quantitative estimate of drug-likeness (QED) is 0.0960. The molecule has 3 nitrogen and oxygen atoms in total. The zero-order valence-electron chi connectivity index (χ0n) is 53.5. The van der Waals surface area contributed by atoms with Crippen molar-refractivity contribution < 1.29 is 20.1 Å². The molecule has 0 N–H and O–H groups in total. The van der Waals surface area contributed by atoms with Gasteiger partial charge in [0, 0.05) is 18.6 Å². The van der Waals surface area contributed by atoms with Crippen LogP contribution in [0.25, 0.3) is 151 Å². The van der Waals surface area contributed by atoms with Crippen molar-refractivity contribution in [1.29, 1.82) is 0 Å². The smallest absolute Gasteiger partial charge is 0.305 e. The van der Waals surface area contributed by atoms with Gasteiger partial charge < -0.3 is 15.0 Å². The zero-order valence-corrected chi connectivity index (χ0v) is 55.9. The molecule has 0 saturated carbocycles. The number of rotatable bonds is 15. The Bertz CT molecular complexity index is 5450. The first-order valence-electron chi connectivity index (χ1n) is 32.9. The van der Waals surface area contributed by atoms with Crippen molar-refractivity contribution in [3.63, 3.8) is 0 Å². The van der Waals surface area contributed by atoms with Gasteiger partial charge in [0.05, 0.1) is 0 Å². The van der Waals surface area contributed by atoms with Crippen molar-refractivity contribution in [3.8, 4) is 134 Å². The zero-order chi connectivity index (χ0) is 64.7.